The van der Waals surface area contributed by atoms with E-state index < -0.39 is 11.5 Å². The lowest BCUT2D eigenvalue weighted by molar-refractivity contribution is 0.0919. The van der Waals surface area contributed by atoms with Crippen LogP contribution in [0.3, 0.4) is 0 Å². The number of piperazine rings is 1. The second-order valence-electron chi connectivity index (χ2n) is 8.57. The Morgan fingerprint density at radius 1 is 1.08 bits per heavy atom. The fourth-order valence-electron chi connectivity index (χ4n) is 4.56. The largest absolute Gasteiger partial charge is 0.493 e. The third-order valence-corrected chi connectivity index (χ3v) is 6.46. The topological polar surface area (TPSA) is 88.2 Å². The van der Waals surface area contributed by atoms with Crippen LogP contribution in [-0.4, -0.2) is 50.6 Å². The number of carbonyl (C=O) groups excluding carboxylic acids is 1. The maximum atomic E-state index is 13.3. The summed E-state index contributed by atoms with van der Waals surface area (Å²) in [5, 5.41) is 3.48. The van der Waals surface area contributed by atoms with Crippen molar-refractivity contribution in [1.29, 1.82) is 0 Å². The quantitative estimate of drug-likeness (QED) is 0.393. The molecule has 5 rings (SSSR count). The number of para-hydroxylation sites is 1. The van der Waals surface area contributed by atoms with Crippen molar-refractivity contribution in [2.24, 2.45) is 0 Å². The summed E-state index contributed by atoms with van der Waals surface area (Å²) in [4.78, 5) is 30.0. The number of amides is 1. The summed E-state index contributed by atoms with van der Waals surface area (Å²) in [5.41, 5.74) is 0.467. The molecule has 0 spiro atoms. The van der Waals surface area contributed by atoms with Gasteiger partial charge in [-0.3, -0.25) is 9.69 Å². The minimum atomic E-state index is -0.730. The highest BCUT2D eigenvalue weighted by Crippen LogP contribution is 2.26. The molecule has 1 aliphatic heterocycles. The fourth-order valence-corrected chi connectivity index (χ4v) is 4.56. The van der Waals surface area contributed by atoms with E-state index in [1.807, 2.05) is 12.1 Å². The maximum Gasteiger partial charge on any atom is 0.349 e. The molecule has 9 heteroatoms. The highest BCUT2D eigenvalue weighted by atomic mass is 19.1. The Bertz CT molecular complexity index is 1390. The molecule has 0 aliphatic carbocycles. The van der Waals surface area contributed by atoms with Crippen LogP contribution in [0.4, 0.5) is 10.1 Å². The van der Waals surface area contributed by atoms with Crippen molar-refractivity contribution in [3.63, 3.8) is 0 Å². The summed E-state index contributed by atoms with van der Waals surface area (Å²) < 4.78 is 29.6. The van der Waals surface area contributed by atoms with E-state index in [9.17, 15) is 14.0 Å². The standard InChI is InChI=1S/C27H26FN3O5/c1-34-24-5-2-4-18-16-21(27(33)36-25(18)24)26(32)29-17-22(23-6-3-15-35-23)31-13-11-30(12-14-31)20-9-7-19(28)8-10-20/h2-10,15-16,22H,11-14,17H2,1H3,(H,29,32)/t22-/m1/s1. The molecule has 0 saturated carbocycles. The number of halogens is 1. The Labute approximate surface area is 206 Å². The van der Waals surface area contributed by atoms with Gasteiger partial charge in [-0.2, -0.15) is 0 Å². The maximum absolute atomic E-state index is 13.3. The third kappa shape index (κ3) is 4.83. The first-order valence-corrected chi connectivity index (χ1v) is 11.7. The third-order valence-electron chi connectivity index (χ3n) is 6.46. The summed E-state index contributed by atoms with van der Waals surface area (Å²) in [6.45, 7) is 3.17. The van der Waals surface area contributed by atoms with Crippen molar-refractivity contribution in [2.75, 3.05) is 44.7 Å². The van der Waals surface area contributed by atoms with Gasteiger partial charge in [-0.25, -0.2) is 9.18 Å². The Hall–Kier alpha value is -4.11. The lowest BCUT2D eigenvalue weighted by Gasteiger charge is -2.39. The van der Waals surface area contributed by atoms with Crippen LogP contribution >= 0.6 is 0 Å². The van der Waals surface area contributed by atoms with Crippen molar-refractivity contribution >= 4 is 22.6 Å². The van der Waals surface area contributed by atoms with Crippen molar-refractivity contribution in [2.45, 2.75) is 6.04 Å². The zero-order valence-electron chi connectivity index (χ0n) is 19.8. The monoisotopic (exact) mass is 491 g/mol. The molecule has 2 aromatic heterocycles. The smallest absolute Gasteiger partial charge is 0.349 e. The molecule has 4 aromatic rings. The molecule has 36 heavy (non-hydrogen) atoms. The highest BCUT2D eigenvalue weighted by molar-refractivity contribution is 5.97. The number of nitrogens with one attached hydrogen (secondary N) is 1. The molecule has 0 radical (unpaired) electrons. The van der Waals surface area contributed by atoms with Crippen LogP contribution in [0.1, 0.15) is 22.2 Å². The summed E-state index contributed by atoms with van der Waals surface area (Å²) in [6.07, 6.45) is 1.60. The first-order valence-electron chi connectivity index (χ1n) is 11.7. The van der Waals surface area contributed by atoms with Gasteiger partial charge in [0.15, 0.2) is 11.3 Å². The van der Waals surface area contributed by atoms with Crippen LogP contribution in [0, 0.1) is 5.82 Å². The van der Waals surface area contributed by atoms with E-state index in [1.54, 1.807) is 36.6 Å². The Morgan fingerprint density at radius 2 is 1.86 bits per heavy atom. The van der Waals surface area contributed by atoms with Crippen LogP contribution in [0.25, 0.3) is 11.0 Å². The van der Waals surface area contributed by atoms with Gasteiger partial charge in [0.25, 0.3) is 5.91 Å². The lowest BCUT2D eigenvalue weighted by Crippen LogP contribution is -2.50. The van der Waals surface area contributed by atoms with Crippen LogP contribution in [0.5, 0.6) is 5.75 Å². The number of carbonyl (C=O) groups is 1. The second-order valence-corrected chi connectivity index (χ2v) is 8.57. The van der Waals surface area contributed by atoms with Gasteiger partial charge in [0.05, 0.1) is 19.4 Å². The number of furan rings is 1. The van der Waals surface area contributed by atoms with Gasteiger partial charge in [0, 0.05) is 43.8 Å². The van der Waals surface area contributed by atoms with Gasteiger partial charge in [-0.05, 0) is 48.5 Å². The Balaban J connectivity index is 1.29. The summed E-state index contributed by atoms with van der Waals surface area (Å²) in [6, 6.07) is 16.7. The average Bonchev–Trinajstić information content (AvgIpc) is 3.43. The Morgan fingerprint density at radius 3 is 2.56 bits per heavy atom. The molecule has 1 aliphatic rings. The molecule has 0 bridgehead atoms. The highest BCUT2D eigenvalue weighted by Gasteiger charge is 2.28. The van der Waals surface area contributed by atoms with Crippen molar-refractivity contribution < 1.29 is 22.8 Å². The van der Waals surface area contributed by atoms with Gasteiger partial charge in [0.2, 0.25) is 0 Å². The zero-order valence-corrected chi connectivity index (χ0v) is 19.8. The molecule has 2 aromatic carbocycles. The summed E-state index contributed by atoms with van der Waals surface area (Å²) in [5.74, 6) is 0.371. The van der Waals surface area contributed by atoms with E-state index in [4.69, 9.17) is 13.6 Å². The number of fused-ring (bicyclic) bond motifs is 1. The molecular weight excluding hydrogens is 465 g/mol. The van der Waals surface area contributed by atoms with E-state index in [0.29, 0.717) is 16.7 Å². The molecule has 1 saturated heterocycles. The number of benzene rings is 2. The number of methoxy groups -OCH3 is 1. The molecule has 3 heterocycles. The summed E-state index contributed by atoms with van der Waals surface area (Å²) >= 11 is 0. The zero-order chi connectivity index (χ0) is 25.1. The fraction of sp³-hybridized carbons (Fsp3) is 0.259. The van der Waals surface area contributed by atoms with Crippen LogP contribution < -0.4 is 20.6 Å². The number of rotatable bonds is 7. The van der Waals surface area contributed by atoms with Crippen molar-refractivity contribution in [1.82, 2.24) is 10.2 Å². The van der Waals surface area contributed by atoms with Gasteiger partial charge in [-0.1, -0.05) is 12.1 Å². The molecular formula is C27H26FN3O5. The van der Waals surface area contributed by atoms with Gasteiger partial charge in [0.1, 0.15) is 17.1 Å². The van der Waals surface area contributed by atoms with Crippen molar-refractivity contribution in [3.05, 3.63) is 94.5 Å². The van der Waals surface area contributed by atoms with Gasteiger partial charge in [-0.15, -0.1) is 0 Å². The molecule has 0 unspecified atom stereocenters. The van der Waals surface area contributed by atoms with Gasteiger partial charge >= 0.3 is 5.63 Å². The first kappa shape index (κ1) is 23.6. The normalized spacial score (nSPS) is 15.1. The molecule has 1 atom stereocenters. The molecule has 186 valence electrons. The van der Waals surface area contributed by atoms with E-state index in [0.717, 1.165) is 37.6 Å². The minimum Gasteiger partial charge on any atom is -0.493 e. The lowest BCUT2D eigenvalue weighted by atomic mass is 10.1. The predicted octanol–water partition coefficient (Wildman–Crippen LogP) is 3.83. The van der Waals surface area contributed by atoms with E-state index in [1.165, 1.54) is 25.3 Å². The van der Waals surface area contributed by atoms with Crippen LogP contribution in [0.2, 0.25) is 0 Å². The summed E-state index contributed by atoms with van der Waals surface area (Å²) in [7, 11) is 1.49. The number of hydrogen-bond acceptors (Lipinski definition) is 7. The molecule has 1 fully saturated rings. The van der Waals surface area contributed by atoms with Gasteiger partial charge < -0.3 is 23.8 Å². The first-order chi connectivity index (χ1) is 17.5. The number of ether oxygens (including phenoxy) is 1. The Kier molecular flexibility index (Phi) is 6.73. The predicted molar refractivity (Wildman–Crippen MR) is 133 cm³/mol. The van der Waals surface area contributed by atoms with E-state index in [-0.39, 0.29) is 24.0 Å². The number of hydrogen-bond donors (Lipinski definition) is 1. The van der Waals surface area contributed by atoms with E-state index in [2.05, 4.69) is 15.1 Å². The van der Waals surface area contributed by atoms with Crippen LogP contribution in [-0.2, 0) is 0 Å². The van der Waals surface area contributed by atoms with Crippen LogP contribution in [0.15, 0.2) is 80.6 Å². The molecule has 8 nitrogen and oxygen atoms in total. The average molecular weight is 492 g/mol. The SMILES string of the molecule is COc1cccc2cc(C(=O)NC[C@H](c3ccco3)N3CCN(c4ccc(F)cc4)CC3)c(=O)oc12. The minimum absolute atomic E-state index is 0.0740. The van der Waals surface area contributed by atoms with E-state index >= 15 is 0 Å². The second kappa shape index (κ2) is 10.2. The molecule has 1 amide bonds. The number of nitrogens with zero attached hydrogens (tertiary/aromatic N) is 2. The van der Waals surface area contributed by atoms with Crippen molar-refractivity contribution in [3.8, 4) is 5.75 Å². The molecule has 1 N–H and O–H groups in total. The number of anilines is 1.